The number of halogens is 6. The van der Waals surface area contributed by atoms with Gasteiger partial charge in [0.05, 0.1) is 0 Å². The molecule has 148 valence electrons. The summed E-state index contributed by atoms with van der Waals surface area (Å²) >= 11 is 34.1. The van der Waals surface area contributed by atoms with Crippen molar-refractivity contribution in [3.05, 3.63) is 0 Å². The Hall–Kier alpha value is 0.600. The fourth-order valence-corrected chi connectivity index (χ4v) is 4.69. The van der Waals surface area contributed by atoms with Gasteiger partial charge in [0.25, 0.3) is 0 Å². The lowest BCUT2D eigenvalue weighted by molar-refractivity contribution is -0.143. The van der Waals surface area contributed by atoms with Crippen LogP contribution in [0.3, 0.4) is 0 Å². The third-order valence-electron chi connectivity index (χ3n) is 4.75. The second-order valence-electron chi connectivity index (χ2n) is 6.45. The summed E-state index contributed by atoms with van der Waals surface area (Å²) in [6.45, 7) is 1.52. The zero-order chi connectivity index (χ0) is 19.3. The number of rotatable bonds is 0. The molecule has 0 aliphatic carbocycles. The summed E-state index contributed by atoms with van der Waals surface area (Å²) in [6, 6.07) is -0.388. The van der Waals surface area contributed by atoms with Crippen LogP contribution in [0.15, 0.2) is 0 Å². The molecule has 0 unspecified atom stereocenters. The maximum Gasteiger partial charge on any atom is 0.325 e. The quantitative estimate of drug-likeness (QED) is 0.385. The first-order chi connectivity index (χ1) is 12.0. The third-order valence-corrected chi connectivity index (χ3v) is 5.87. The van der Waals surface area contributed by atoms with Gasteiger partial charge in [0.1, 0.15) is 12.1 Å². The number of carbonyl (C=O) groups excluding carboxylic acids is 2. The Labute approximate surface area is 180 Å². The second-order valence-corrected chi connectivity index (χ2v) is 11.2. The molecule has 4 heterocycles. The zero-order valence-corrected chi connectivity index (χ0v) is 17.9. The molecule has 0 saturated carbocycles. The molecule has 26 heavy (non-hydrogen) atoms. The Morgan fingerprint density at radius 2 is 1.08 bits per heavy atom. The Balaban J connectivity index is 0.000000151. The first kappa shape index (κ1) is 21.3. The zero-order valence-electron chi connectivity index (χ0n) is 13.3. The fraction of sp³-hybridized carbons (Fsp3) is 0.857. The largest absolute Gasteiger partial charge is 0.440 e. The van der Waals surface area contributed by atoms with E-state index in [1.165, 1.54) is 0 Å². The van der Waals surface area contributed by atoms with E-state index in [9.17, 15) is 9.59 Å². The Bertz CT molecular complexity index is 531. The number of ether oxygens (including phenoxy) is 2. The van der Waals surface area contributed by atoms with Crippen LogP contribution in [-0.2, 0) is 19.1 Å². The van der Waals surface area contributed by atoms with Crippen molar-refractivity contribution in [2.24, 2.45) is 0 Å². The maximum absolute atomic E-state index is 11.3. The number of esters is 2. The van der Waals surface area contributed by atoms with Crippen LogP contribution in [0, 0.1) is 0 Å². The molecule has 0 aromatic rings. The molecule has 4 fully saturated rings. The average molecular weight is 489 g/mol. The van der Waals surface area contributed by atoms with Crippen LogP contribution in [-0.4, -0.2) is 67.0 Å². The van der Waals surface area contributed by atoms with Crippen molar-refractivity contribution < 1.29 is 19.1 Å². The lowest BCUT2D eigenvalue weighted by atomic mass is 10.2. The van der Waals surface area contributed by atoms with E-state index in [0.29, 0.717) is 0 Å². The number of fused-ring (bicyclic) bond motifs is 2. The van der Waals surface area contributed by atoms with Gasteiger partial charge in [0, 0.05) is 13.1 Å². The molecule has 0 aromatic carbocycles. The third kappa shape index (κ3) is 4.28. The summed E-state index contributed by atoms with van der Waals surface area (Å²) in [6.07, 6.45) is 2.09. The fourth-order valence-electron chi connectivity index (χ4n) is 3.67. The molecule has 0 amide bonds. The number of cyclic esters (lactones) is 2. The topological polar surface area (TPSA) is 59.1 Å². The minimum Gasteiger partial charge on any atom is -0.440 e. The molecule has 4 aliphatic heterocycles. The lowest BCUT2D eigenvalue weighted by Crippen LogP contribution is -2.41. The van der Waals surface area contributed by atoms with Crippen molar-refractivity contribution in [2.45, 2.75) is 57.8 Å². The summed E-state index contributed by atoms with van der Waals surface area (Å²) in [5, 5.41) is 0. The second kappa shape index (κ2) is 7.79. The monoisotopic (exact) mass is 486 g/mol. The van der Waals surface area contributed by atoms with Gasteiger partial charge in [-0.1, -0.05) is 69.6 Å². The molecule has 4 saturated heterocycles. The smallest absolute Gasteiger partial charge is 0.325 e. The first-order valence-corrected chi connectivity index (χ1v) is 10.3. The molecular weight excluding hydrogens is 473 g/mol. The van der Waals surface area contributed by atoms with Crippen LogP contribution < -0.4 is 0 Å². The van der Waals surface area contributed by atoms with Gasteiger partial charge in [-0.15, -0.1) is 0 Å². The van der Waals surface area contributed by atoms with Gasteiger partial charge in [-0.05, 0) is 25.7 Å². The first-order valence-electron chi connectivity index (χ1n) is 8.06. The van der Waals surface area contributed by atoms with Crippen LogP contribution in [0.2, 0.25) is 0 Å². The van der Waals surface area contributed by atoms with Gasteiger partial charge >= 0.3 is 11.9 Å². The molecule has 12 heteroatoms. The maximum atomic E-state index is 11.3. The highest BCUT2D eigenvalue weighted by molar-refractivity contribution is 6.68. The van der Waals surface area contributed by atoms with Crippen molar-refractivity contribution in [3.63, 3.8) is 0 Å². The highest BCUT2D eigenvalue weighted by Gasteiger charge is 2.53. The predicted octanol–water partition coefficient (Wildman–Crippen LogP) is 3.41. The van der Waals surface area contributed by atoms with Gasteiger partial charge in [0.15, 0.2) is 0 Å². The van der Waals surface area contributed by atoms with Gasteiger partial charge in [-0.25, -0.2) is 0 Å². The SMILES string of the molecule is O=C1O[C@@H](C(Cl)(Cl)Cl)N2CCC[C@H]12.O=C1O[C@H](C(Cl)(Cl)Cl)N2CCC[C@@H]12. The van der Waals surface area contributed by atoms with E-state index in [2.05, 4.69) is 0 Å². The Kier molecular flexibility index (Phi) is 6.38. The van der Waals surface area contributed by atoms with E-state index in [1.807, 2.05) is 9.80 Å². The van der Waals surface area contributed by atoms with E-state index < -0.39 is 20.0 Å². The molecule has 4 aliphatic rings. The molecule has 0 bridgehead atoms. The number of hydrogen-bond donors (Lipinski definition) is 0. The molecule has 4 rings (SSSR count). The van der Waals surface area contributed by atoms with Gasteiger partial charge < -0.3 is 9.47 Å². The number of hydrogen-bond acceptors (Lipinski definition) is 6. The van der Waals surface area contributed by atoms with Crippen molar-refractivity contribution in [1.82, 2.24) is 9.80 Å². The predicted molar refractivity (Wildman–Crippen MR) is 99.8 cm³/mol. The molecule has 0 N–H and O–H groups in total. The molecule has 4 atom stereocenters. The summed E-state index contributed by atoms with van der Waals surface area (Å²) in [4.78, 5) is 26.2. The molecule has 6 nitrogen and oxygen atoms in total. The van der Waals surface area contributed by atoms with Gasteiger partial charge in [-0.2, -0.15) is 0 Å². The van der Waals surface area contributed by atoms with Crippen molar-refractivity contribution in [1.29, 1.82) is 0 Å². The standard InChI is InChI=1S/2C7H8Cl3NO2/c2*8-7(9,10)6-11-3-1-2-4(11)5(12)13-6/h2*4,6H,1-3H2/t2*4-,6+/m10/s1. The molecule has 0 aromatic heterocycles. The average Bonchev–Trinajstić information content (AvgIpc) is 3.23. The molecule has 0 spiro atoms. The summed E-state index contributed by atoms with van der Waals surface area (Å²) in [7, 11) is 0. The number of alkyl halides is 6. The van der Waals surface area contributed by atoms with Gasteiger partial charge in [0.2, 0.25) is 20.0 Å². The number of carbonyl (C=O) groups is 2. The number of nitrogens with zero attached hydrogens (tertiary/aromatic N) is 2. The van der Waals surface area contributed by atoms with Crippen molar-refractivity contribution in [3.8, 4) is 0 Å². The summed E-state index contributed by atoms with van der Waals surface area (Å²) < 4.78 is 6.87. The molecular formula is C14H16Cl6N2O4. The van der Waals surface area contributed by atoms with E-state index >= 15 is 0 Å². The minimum atomic E-state index is -1.55. The summed E-state index contributed by atoms with van der Waals surface area (Å²) in [5.41, 5.74) is 0. The lowest BCUT2D eigenvalue weighted by Gasteiger charge is -2.25. The highest BCUT2D eigenvalue weighted by Crippen LogP contribution is 2.42. The van der Waals surface area contributed by atoms with Crippen LogP contribution in [0.1, 0.15) is 25.7 Å². The van der Waals surface area contributed by atoms with Crippen molar-refractivity contribution >= 4 is 81.5 Å². The molecule has 0 radical (unpaired) electrons. The van der Waals surface area contributed by atoms with Crippen molar-refractivity contribution in [2.75, 3.05) is 13.1 Å². The van der Waals surface area contributed by atoms with E-state index in [0.717, 1.165) is 38.8 Å². The van der Waals surface area contributed by atoms with E-state index in [4.69, 9.17) is 79.1 Å². The Morgan fingerprint density at radius 3 is 1.38 bits per heavy atom. The minimum absolute atomic E-state index is 0.194. The van der Waals surface area contributed by atoms with E-state index in [-0.39, 0.29) is 24.0 Å². The van der Waals surface area contributed by atoms with Crippen LogP contribution in [0.4, 0.5) is 0 Å². The van der Waals surface area contributed by atoms with Crippen LogP contribution in [0.5, 0.6) is 0 Å². The summed E-state index contributed by atoms with van der Waals surface area (Å²) in [5.74, 6) is -0.539. The Morgan fingerprint density at radius 1 is 0.731 bits per heavy atom. The van der Waals surface area contributed by atoms with E-state index in [1.54, 1.807) is 0 Å². The highest BCUT2D eigenvalue weighted by atomic mass is 35.6. The van der Waals surface area contributed by atoms with Crippen LogP contribution in [0.25, 0.3) is 0 Å². The normalized spacial score (nSPS) is 34.8. The van der Waals surface area contributed by atoms with Crippen LogP contribution >= 0.6 is 69.6 Å². The van der Waals surface area contributed by atoms with Gasteiger partial charge in [-0.3, -0.25) is 19.4 Å².